The third kappa shape index (κ3) is 8.43. The van der Waals surface area contributed by atoms with Gasteiger partial charge >= 0.3 is 0 Å². The Kier molecular flexibility index (Phi) is 10.5. The minimum atomic E-state index is 0.607. The Morgan fingerprint density at radius 1 is 0.520 bits per heavy atom. The molecule has 0 bridgehead atoms. The highest BCUT2D eigenvalue weighted by atomic mass is 15.4. The molecule has 2 atom stereocenters. The van der Waals surface area contributed by atoms with Crippen LogP contribution in [0.25, 0.3) is 0 Å². The van der Waals surface area contributed by atoms with Crippen LogP contribution in [0.2, 0.25) is 0 Å². The van der Waals surface area contributed by atoms with Gasteiger partial charge < -0.3 is 0 Å². The lowest BCUT2D eigenvalue weighted by atomic mass is 9.86. The van der Waals surface area contributed by atoms with Gasteiger partial charge in [-0.25, -0.2) is 5.01 Å². The fourth-order valence-electron chi connectivity index (χ4n) is 5.23. The second kappa shape index (κ2) is 12.3. The standard InChI is InChI=1S/C23H46N2/c1-20-14-10-6-5-7-11-15-21(2)19-23(18-20)25(24)22-16-12-8-3-4-9-13-17-22/h20-23H,3-19,24H2,1-2H3. The van der Waals surface area contributed by atoms with Crippen molar-refractivity contribution < 1.29 is 0 Å². The molecule has 2 heteroatoms. The normalized spacial score (nSPS) is 32.9. The van der Waals surface area contributed by atoms with E-state index < -0.39 is 0 Å². The summed E-state index contributed by atoms with van der Waals surface area (Å²) in [5.74, 6) is 8.50. The Bertz CT molecular complexity index is 304. The van der Waals surface area contributed by atoms with Crippen molar-refractivity contribution in [3.63, 3.8) is 0 Å². The minimum absolute atomic E-state index is 0.607. The van der Waals surface area contributed by atoms with Gasteiger partial charge in [-0.1, -0.05) is 97.3 Å². The van der Waals surface area contributed by atoms with E-state index in [2.05, 4.69) is 18.9 Å². The summed E-state index contributed by atoms with van der Waals surface area (Å²) in [6.07, 6.45) is 23.8. The molecule has 0 spiro atoms. The molecule has 2 unspecified atom stereocenters. The first kappa shape index (κ1) is 21.2. The van der Waals surface area contributed by atoms with Crippen LogP contribution >= 0.6 is 0 Å². The van der Waals surface area contributed by atoms with Crippen LogP contribution in [0.3, 0.4) is 0 Å². The van der Waals surface area contributed by atoms with E-state index in [1.807, 2.05) is 0 Å². The fourth-order valence-corrected chi connectivity index (χ4v) is 5.23. The zero-order valence-corrected chi connectivity index (χ0v) is 17.4. The molecule has 2 saturated carbocycles. The summed E-state index contributed by atoms with van der Waals surface area (Å²) in [5.41, 5.74) is 0. The molecule has 0 aromatic heterocycles. The molecule has 2 fully saturated rings. The summed E-state index contributed by atoms with van der Waals surface area (Å²) in [6, 6.07) is 1.24. The van der Waals surface area contributed by atoms with Gasteiger partial charge in [-0.2, -0.15) is 0 Å². The predicted octanol–water partition coefficient (Wildman–Crippen LogP) is 6.83. The number of nitrogens with two attached hydrogens (primary N) is 1. The molecule has 2 N–H and O–H groups in total. The second-order valence-electron chi connectivity index (χ2n) is 9.48. The SMILES string of the molecule is CC1CCCCCCCC(C)CC(N(N)C2CCCCCCCC2)C1. The highest BCUT2D eigenvalue weighted by Crippen LogP contribution is 2.29. The third-order valence-electron chi connectivity index (χ3n) is 6.91. The molecule has 0 heterocycles. The first-order chi connectivity index (χ1) is 12.2. The molecule has 0 saturated heterocycles. The maximum Gasteiger partial charge on any atom is 0.0249 e. The smallest absolute Gasteiger partial charge is 0.0249 e. The summed E-state index contributed by atoms with van der Waals surface area (Å²) in [4.78, 5) is 0. The van der Waals surface area contributed by atoms with Crippen LogP contribution in [0.1, 0.15) is 123 Å². The Morgan fingerprint density at radius 2 is 0.880 bits per heavy atom. The van der Waals surface area contributed by atoms with Crippen molar-refractivity contribution in [3.8, 4) is 0 Å². The number of nitrogens with zero attached hydrogens (tertiary/aromatic N) is 1. The van der Waals surface area contributed by atoms with Crippen molar-refractivity contribution in [1.82, 2.24) is 5.01 Å². The van der Waals surface area contributed by atoms with E-state index in [4.69, 9.17) is 5.84 Å². The Labute approximate surface area is 158 Å². The molecule has 2 aliphatic carbocycles. The van der Waals surface area contributed by atoms with Gasteiger partial charge in [0.1, 0.15) is 0 Å². The Balaban J connectivity index is 1.97. The average molecular weight is 351 g/mol. The van der Waals surface area contributed by atoms with Gasteiger partial charge in [0.25, 0.3) is 0 Å². The minimum Gasteiger partial charge on any atom is -0.268 e. The highest BCUT2D eigenvalue weighted by Gasteiger charge is 2.26. The molecule has 25 heavy (non-hydrogen) atoms. The van der Waals surface area contributed by atoms with Gasteiger partial charge in [0.15, 0.2) is 0 Å². The van der Waals surface area contributed by atoms with Crippen LogP contribution in [0.5, 0.6) is 0 Å². The van der Waals surface area contributed by atoms with Crippen molar-refractivity contribution in [1.29, 1.82) is 0 Å². The molecule has 2 rings (SSSR count). The van der Waals surface area contributed by atoms with E-state index in [0.717, 1.165) is 11.8 Å². The van der Waals surface area contributed by atoms with Gasteiger partial charge in [-0.3, -0.25) is 5.84 Å². The zero-order valence-electron chi connectivity index (χ0n) is 17.4. The number of rotatable bonds is 2. The molecular formula is C23H46N2. The first-order valence-electron chi connectivity index (χ1n) is 11.7. The van der Waals surface area contributed by atoms with Crippen molar-refractivity contribution in [2.24, 2.45) is 17.7 Å². The van der Waals surface area contributed by atoms with Crippen molar-refractivity contribution >= 4 is 0 Å². The fraction of sp³-hybridized carbons (Fsp3) is 1.00. The van der Waals surface area contributed by atoms with Crippen LogP contribution in [0.4, 0.5) is 0 Å². The maximum absolute atomic E-state index is 6.83. The van der Waals surface area contributed by atoms with E-state index in [-0.39, 0.29) is 0 Å². The molecular weight excluding hydrogens is 304 g/mol. The van der Waals surface area contributed by atoms with E-state index >= 15 is 0 Å². The predicted molar refractivity (Wildman–Crippen MR) is 110 cm³/mol. The lowest BCUT2D eigenvalue weighted by Gasteiger charge is -2.37. The zero-order chi connectivity index (χ0) is 17.9. The molecule has 0 amide bonds. The van der Waals surface area contributed by atoms with Gasteiger partial charge in [0.05, 0.1) is 0 Å². The van der Waals surface area contributed by atoms with Crippen LogP contribution in [-0.4, -0.2) is 17.1 Å². The van der Waals surface area contributed by atoms with Crippen LogP contribution in [-0.2, 0) is 0 Å². The molecule has 0 aromatic rings. The molecule has 0 aromatic carbocycles. The Morgan fingerprint density at radius 3 is 1.32 bits per heavy atom. The largest absolute Gasteiger partial charge is 0.268 e. The molecule has 2 aliphatic rings. The number of hydrogen-bond donors (Lipinski definition) is 1. The summed E-state index contributed by atoms with van der Waals surface area (Å²) in [6.45, 7) is 4.95. The summed E-state index contributed by atoms with van der Waals surface area (Å²) < 4.78 is 0. The first-order valence-corrected chi connectivity index (χ1v) is 11.7. The summed E-state index contributed by atoms with van der Waals surface area (Å²) in [7, 11) is 0. The van der Waals surface area contributed by atoms with Crippen LogP contribution in [0, 0.1) is 11.8 Å². The second-order valence-corrected chi connectivity index (χ2v) is 9.48. The quantitative estimate of drug-likeness (QED) is 0.437. The highest BCUT2D eigenvalue weighted by molar-refractivity contribution is 4.80. The van der Waals surface area contributed by atoms with Crippen molar-refractivity contribution in [2.75, 3.05) is 0 Å². The van der Waals surface area contributed by atoms with E-state index in [1.165, 1.54) is 109 Å². The average Bonchev–Trinajstić information content (AvgIpc) is 2.72. The number of hydrazine groups is 1. The molecule has 0 radical (unpaired) electrons. The van der Waals surface area contributed by atoms with Gasteiger partial charge in [0, 0.05) is 12.1 Å². The van der Waals surface area contributed by atoms with E-state index in [1.54, 1.807) is 0 Å². The Hall–Kier alpha value is -0.0800. The van der Waals surface area contributed by atoms with Crippen molar-refractivity contribution in [2.45, 2.75) is 135 Å². The topological polar surface area (TPSA) is 29.3 Å². The van der Waals surface area contributed by atoms with Crippen molar-refractivity contribution in [3.05, 3.63) is 0 Å². The van der Waals surface area contributed by atoms with Crippen LogP contribution in [0.15, 0.2) is 0 Å². The molecule has 0 aliphatic heterocycles. The molecule has 148 valence electrons. The maximum atomic E-state index is 6.83. The lowest BCUT2D eigenvalue weighted by molar-refractivity contribution is 0.0822. The summed E-state index contributed by atoms with van der Waals surface area (Å²) in [5, 5.41) is 2.37. The van der Waals surface area contributed by atoms with Gasteiger partial charge in [-0.05, 0) is 37.5 Å². The van der Waals surface area contributed by atoms with Gasteiger partial charge in [-0.15, -0.1) is 0 Å². The lowest BCUT2D eigenvalue weighted by Crippen LogP contribution is -2.49. The van der Waals surface area contributed by atoms with Crippen LogP contribution < -0.4 is 5.84 Å². The van der Waals surface area contributed by atoms with E-state index in [0.29, 0.717) is 12.1 Å². The number of hydrogen-bond acceptors (Lipinski definition) is 2. The summed E-state index contributed by atoms with van der Waals surface area (Å²) >= 11 is 0. The monoisotopic (exact) mass is 350 g/mol. The van der Waals surface area contributed by atoms with Gasteiger partial charge in [0.2, 0.25) is 0 Å². The molecule has 2 nitrogen and oxygen atoms in total. The third-order valence-corrected chi connectivity index (χ3v) is 6.91. The van der Waals surface area contributed by atoms with E-state index in [9.17, 15) is 0 Å².